The van der Waals surface area contributed by atoms with E-state index >= 15 is 0 Å². The molecule has 4 heterocycles. The van der Waals surface area contributed by atoms with Gasteiger partial charge in [0, 0.05) is 22.4 Å². The molecule has 7 nitrogen and oxygen atoms in total. The number of furan rings is 1. The van der Waals surface area contributed by atoms with E-state index in [-0.39, 0.29) is 23.8 Å². The molecule has 10 heteroatoms. The first-order chi connectivity index (χ1) is 16.5. The second kappa shape index (κ2) is 9.25. The van der Waals surface area contributed by atoms with E-state index < -0.39 is 0 Å². The van der Waals surface area contributed by atoms with Crippen LogP contribution < -0.4 is 10.9 Å². The summed E-state index contributed by atoms with van der Waals surface area (Å²) in [4.78, 5) is 32.6. The van der Waals surface area contributed by atoms with Crippen molar-refractivity contribution in [1.82, 2.24) is 9.55 Å². The molecule has 0 fully saturated rings. The van der Waals surface area contributed by atoms with E-state index in [1.54, 1.807) is 6.08 Å². The summed E-state index contributed by atoms with van der Waals surface area (Å²) < 4.78 is 7.26. The van der Waals surface area contributed by atoms with E-state index in [2.05, 4.69) is 22.9 Å². The zero-order valence-corrected chi connectivity index (χ0v) is 20.8. The van der Waals surface area contributed by atoms with Crippen LogP contribution in [-0.2, 0) is 24.2 Å². The minimum Gasteiger partial charge on any atom is -0.461 e. The van der Waals surface area contributed by atoms with Gasteiger partial charge < -0.3 is 9.73 Å². The number of carbonyl (C=O) groups is 1. The number of hydrogen-bond acceptors (Lipinski definition) is 8. The van der Waals surface area contributed by atoms with E-state index in [1.165, 1.54) is 43.9 Å². The number of allylic oxidation sites excluding steroid dienone is 1. The van der Waals surface area contributed by atoms with Gasteiger partial charge in [-0.3, -0.25) is 14.2 Å². The highest BCUT2D eigenvalue weighted by Crippen LogP contribution is 2.39. The van der Waals surface area contributed by atoms with Gasteiger partial charge in [0.2, 0.25) is 5.91 Å². The van der Waals surface area contributed by atoms with Crippen LogP contribution in [0.5, 0.6) is 0 Å². The van der Waals surface area contributed by atoms with Gasteiger partial charge in [-0.1, -0.05) is 17.8 Å². The molecule has 0 unspecified atom stereocenters. The molecular weight excluding hydrogens is 488 g/mol. The van der Waals surface area contributed by atoms with Gasteiger partial charge in [-0.2, -0.15) is 5.26 Å². The summed E-state index contributed by atoms with van der Waals surface area (Å²) in [5.74, 6) is 1.23. The summed E-state index contributed by atoms with van der Waals surface area (Å²) in [6.07, 6.45) is 4.53. The molecule has 0 spiro atoms. The average Bonchev–Trinajstić information content (AvgIpc) is 3.58. The highest BCUT2D eigenvalue weighted by molar-refractivity contribution is 7.99. The standard InChI is InChI=1S/C24H20N4O3S3/c1-3-9-28-23(30)20-16(17-8-7-13(2)31-17)11-32-22(20)27-24(28)33-12-19(29)26-21-15(10-25)14-5-4-6-18(14)34-21/h3,7-8,11H,1,4-6,9,12H2,2H3,(H,26,29). The summed E-state index contributed by atoms with van der Waals surface area (Å²) in [6, 6.07) is 5.94. The molecule has 34 heavy (non-hydrogen) atoms. The summed E-state index contributed by atoms with van der Waals surface area (Å²) in [6.45, 7) is 5.89. The van der Waals surface area contributed by atoms with Crippen molar-refractivity contribution in [3.05, 3.63) is 62.3 Å². The molecule has 1 aliphatic rings. The predicted octanol–water partition coefficient (Wildman–Crippen LogP) is 5.37. The second-order valence-corrected chi connectivity index (χ2v) is 10.8. The van der Waals surface area contributed by atoms with Crippen molar-refractivity contribution in [3.8, 4) is 17.4 Å². The Labute approximate surface area is 207 Å². The Kier molecular flexibility index (Phi) is 6.16. The van der Waals surface area contributed by atoms with Gasteiger partial charge >= 0.3 is 0 Å². The molecule has 0 aromatic carbocycles. The molecule has 0 bridgehead atoms. The van der Waals surface area contributed by atoms with E-state index in [0.29, 0.717) is 37.3 Å². The maximum Gasteiger partial charge on any atom is 0.263 e. The maximum atomic E-state index is 13.4. The number of thiophene rings is 2. The molecule has 172 valence electrons. The first kappa shape index (κ1) is 22.7. The van der Waals surface area contributed by atoms with E-state index in [4.69, 9.17) is 4.42 Å². The third-order valence-electron chi connectivity index (χ3n) is 5.59. The minimum absolute atomic E-state index is 0.0676. The minimum atomic E-state index is -0.237. The summed E-state index contributed by atoms with van der Waals surface area (Å²) in [5, 5.41) is 15.9. The summed E-state index contributed by atoms with van der Waals surface area (Å²) in [7, 11) is 0. The number of anilines is 1. The number of aromatic nitrogens is 2. The van der Waals surface area contributed by atoms with Crippen molar-refractivity contribution < 1.29 is 9.21 Å². The van der Waals surface area contributed by atoms with Gasteiger partial charge in [0.05, 0.1) is 16.7 Å². The molecule has 4 aromatic rings. The second-order valence-electron chi connectivity index (χ2n) is 7.85. The normalized spacial score (nSPS) is 12.6. The highest BCUT2D eigenvalue weighted by atomic mass is 32.2. The molecule has 5 rings (SSSR count). The number of rotatable bonds is 7. The molecule has 1 amide bonds. The van der Waals surface area contributed by atoms with E-state index in [9.17, 15) is 14.9 Å². The molecule has 0 radical (unpaired) electrons. The van der Waals surface area contributed by atoms with Gasteiger partial charge in [0.25, 0.3) is 5.56 Å². The third-order valence-corrected chi connectivity index (χ3v) is 8.65. The van der Waals surface area contributed by atoms with Crippen LogP contribution in [0.4, 0.5) is 5.00 Å². The van der Waals surface area contributed by atoms with E-state index in [1.807, 2.05) is 24.4 Å². The lowest BCUT2D eigenvalue weighted by Gasteiger charge is -2.10. The Morgan fingerprint density at radius 3 is 3.03 bits per heavy atom. The fourth-order valence-corrected chi connectivity index (χ4v) is 7.10. The lowest BCUT2D eigenvalue weighted by atomic mass is 10.1. The molecular formula is C24H20N4O3S3. The van der Waals surface area contributed by atoms with Crippen LogP contribution in [0, 0.1) is 18.3 Å². The third kappa shape index (κ3) is 4.00. The number of fused-ring (bicyclic) bond motifs is 2. The van der Waals surface area contributed by atoms with Gasteiger partial charge in [-0.05, 0) is 43.9 Å². The highest BCUT2D eigenvalue weighted by Gasteiger charge is 2.24. The van der Waals surface area contributed by atoms with Gasteiger partial charge in [-0.15, -0.1) is 29.3 Å². The Hall–Kier alpha value is -3.13. The Bertz CT molecular complexity index is 1530. The Morgan fingerprint density at radius 2 is 2.29 bits per heavy atom. The first-order valence-corrected chi connectivity index (χ1v) is 13.3. The monoisotopic (exact) mass is 508 g/mol. The molecule has 0 aliphatic heterocycles. The summed E-state index contributed by atoms with van der Waals surface area (Å²) in [5.41, 5.74) is 2.17. The van der Waals surface area contributed by atoms with E-state index in [0.717, 1.165) is 30.6 Å². The number of nitriles is 1. The van der Waals surface area contributed by atoms with Gasteiger partial charge in [0.1, 0.15) is 27.4 Å². The predicted molar refractivity (Wildman–Crippen MR) is 137 cm³/mol. The van der Waals surface area contributed by atoms with Crippen molar-refractivity contribution in [3.63, 3.8) is 0 Å². The van der Waals surface area contributed by atoms with Gasteiger partial charge in [0.15, 0.2) is 5.16 Å². The fourth-order valence-electron chi connectivity index (χ4n) is 4.07. The van der Waals surface area contributed by atoms with Crippen molar-refractivity contribution in [2.24, 2.45) is 0 Å². The van der Waals surface area contributed by atoms with Crippen LogP contribution in [-0.4, -0.2) is 21.2 Å². The number of amides is 1. The molecule has 1 N–H and O–H groups in total. The number of nitrogens with zero attached hydrogens (tertiary/aromatic N) is 3. The van der Waals surface area contributed by atoms with Crippen LogP contribution in [0.3, 0.4) is 0 Å². The SMILES string of the molecule is C=CCn1c(SCC(=O)Nc2sc3c(c2C#N)CCC3)nc2scc(-c3ccc(C)o3)c2c1=O. The Balaban J connectivity index is 1.41. The van der Waals surface area contributed by atoms with Crippen molar-refractivity contribution in [2.75, 3.05) is 11.1 Å². The maximum absolute atomic E-state index is 13.4. The number of hydrogen-bond donors (Lipinski definition) is 1. The molecule has 4 aromatic heterocycles. The quantitative estimate of drug-likeness (QED) is 0.205. The molecule has 0 atom stereocenters. The topological polar surface area (TPSA) is 101 Å². The van der Waals surface area contributed by atoms with Crippen molar-refractivity contribution in [2.45, 2.75) is 37.9 Å². The number of thioether (sulfide) groups is 1. The smallest absolute Gasteiger partial charge is 0.263 e. The number of carbonyl (C=O) groups excluding carboxylic acids is 1. The lowest BCUT2D eigenvalue weighted by molar-refractivity contribution is -0.113. The van der Waals surface area contributed by atoms with Crippen LogP contribution in [0.2, 0.25) is 0 Å². The number of nitrogens with one attached hydrogen (secondary N) is 1. The molecule has 0 saturated carbocycles. The zero-order valence-electron chi connectivity index (χ0n) is 18.3. The lowest BCUT2D eigenvalue weighted by Crippen LogP contribution is -2.23. The molecule has 0 saturated heterocycles. The first-order valence-electron chi connectivity index (χ1n) is 10.7. The van der Waals surface area contributed by atoms with Crippen LogP contribution in [0.15, 0.2) is 44.5 Å². The number of aryl methyl sites for hydroxylation is 2. The van der Waals surface area contributed by atoms with Crippen LogP contribution in [0.1, 0.15) is 28.2 Å². The van der Waals surface area contributed by atoms with Crippen LogP contribution >= 0.6 is 34.4 Å². The van der Waals surface area contributed by atoms with Crippen molar-refractivity contribution in [1.29, 1.82) is 5.26 Å². The Morgan fingerprint density at radius 1 is 1.44 bits per heavy atom. The van der Waals surface area contributed by atoms with Gasteiger partial charge in [-0.25, -0.2) is 4.98 Å². The molecule has 1 aliphatic carbocycles. The largest absolute Gasteiger partial charge is 0.461 e. The van der Waals surface area contributed by atoms with Crippen molar-refractivity contribution >= 4 is 55.6 Å². The van der Waals surface area contributed by atoms with Crippen LogP contribution in [0.25, 0.3) is 21.5 Å². The average molecular weight is 509 g/mol. The zero-order chi connectivity index (χ0) is 23.8. The fraction of sp³-hybridized carbons (Fsp3) is 0.250. The summed E-state index contributed by atoms with van der Waals surface area (Å²) >= 11 is 4.05.